The van der Waals surface area contributed by atoms with E-state index >= 15 is 0 Å². The van der Waals surface area contributed by atoms with Gasteiger partial charge in [0, 0.05) is 18.0 Å². The number of benzene rings is 2. The SMILES string of the molecule is CN=c1scc(-c2cc(OC)c(OC)c(OC)c2)n1N=Cc1cc(Br)c(O)c(OC)c1. The lowest BCUT2D eigenvalue weighted by atomic mass is 10.1. The summed E-state index contributed by atoms with van der Waals surface area (Å²) in [4.78, 5) is 5.02. The Morgan fingerprint density at radius 3 is 2.16 bits per heavy atom. The highest BCUT2D eigenvalue weighted by molar-refractivity contribution is 9.10. The summed E-state index contributed by atoms with van der Waals surface area (Å²) in [6.07, 6.45) is 1.66. The summed E-state index contributed by atoms with van der Waals surface area (Å²) in [5.41, 5.74) is 2.35. The van der Waals surface area contributed by atoms with E-state index in [0.29, 0.717) is 32.3 Å². The first-order valence-electron chi connectivity index (χ1n) is 9.01. The fraction of sp³-hybridized carbons (Fsp3) is 0.238. The third kappa shape index (κ3) is 4.54. The predicted octanol–water partition coefficient (Wildman–Crippen LogP) is 4.13. The summed E-state index contributed by atoms with van der Waals surface area (Å²) in [5, 5.41) is 16.6. The molecule has 0 aliphatic carbocycles. The van der Waals surface area contributed by atoms with Gasteiger partial charge in [0.1, 0.15) is 0 Å². The third-order valence-corrected chi connectivity index (χ3v) is 5.94. The summed E-state index contributed by atoms with van der Waals surface area (Å²) in [7, 11) is 7.91. The maximum Gasteiger partial charge on any atom is 0.205 e. The Balaban J connectivity index is 2.13. The van der Waals surface area contributed by atoms with Crippen LogP contribution in [0.3, 0.4) is 0 Å². The molecule has 0 amide bonds. The van der Waals surface area contributed by atoms with E-state index in [1.54, 1.807) is 51.4 Å². The molecule has 1 heterocycles. The minimum Gasteiger partial charge on any atom is -0.503 e. The van der Waals surface area contributed by atoms with Crippen molar-refractivity contribution < 1.29 is 24.1 Å². The number of rotatable bonds is 7. The van der Waals surface area contributed by atoms with Crippen molar-refractivity contribution in [2.24, 2.45) is 10.1 Å². The number of ether oxygens (including phenoxy) is 4. The van der Waals surface area contributed by atoms with Crippen LogP contribution in [-0.4, -0.2) is 51.5 Å². The van der Waals surface area contributed by atoms with Crippen LogP contribution in [-0.2, 0) is 0 Å². The first kappa shape index (κ1) is 22.7. The second-order valence-corrected chi connectivity index (χ2v) is 7.84. The maximum absolute atomic E-state index is 10.0. The molecule has 10 heteroatoms. The number of hydrogen-bond donors (Lipinski definition) is 1. The van der Waals surface area contributed by atoms with Gasteiger partial charge in [-0.3, -0.25) is 4.99 Å². The third-order valence-electron chi connectivity index (χ3n) is 4.43. The fourth-order valence-corrected chi connectivity index (χ4v) is 4.20. The van der Waals surface area contributed by atoms with Gasteiger partial charge in [0.05, 0.1) is 44.8 Å². The second-order valence-electron chi connectivity index (χ2n) is 6.15. The van der Waals surface area contributed by atoms with Crippen LogP contribution < -0.4 is 23.7 Å². The van der Waals surface area contributed by atoms with E-state index in [-0.39, 0.29) is 5.75 Å². The van der Waals surface area contributed by atoms with Crippen LogP contribution in [0.1, 0.15) is 5.56 Å². The van der Waals surface area contributed by atoms with Crippen LogP contribution in [0.4, 0.5) is 0 Å². The van der Waals surface area contributed by atoms with Crippen molar-refractivity contribution in [3.63, 3.8) is 0 Å². The molecule has 31 heavy (non-hydrogen) atoms. The number of nitrogens with zero attached hydrogens (tertiary/aromatic N) is 3. The molecule has 0 radical (unpaired) electrons. The predicted molar refractivity (Wildman–Crippen MR) is 124 cm³/mol. The standard InChI is InChI=1S/C21H22BrN3O5S/c1-23-21-25(24-10-12-6-14(22)19(26)16(7-12)27-2)15(11-31-21)13-8-17(28-3)20(30-5)18(9-13)29-4/h6-11,26H,1-5H3. The minimum absolute atomic E-state index is 0.0326. The normalized spacial score (nSPS) is 11.7. The van der Waals surface area contributed by atoms with Crippen molar-refractivity contribution in [2.75, 3.05) is 35.5 Å². The van der Waals surface area contributed by atoms with Crippen molar-refractivity contribution >= 4 is 33.5 Å². The lowest BCUT2D eigenvalue weighted by Gasteiger charge is -2.14. The number of aromatic hydroxyl groups is 1. The highest BCUT2D eigenvalue weighted by Crippen LogP contribution is 2.41. The number of hydrogen-bond acceptors (Lipinski definition) is 8. The summed E-state index contributed by atoms with van der Waals surface area (Å²) in [6, 6.07) is 7.15. The van der Waals surface area contributed by atoms with Gasteiger partial charge in [-0.05, 0) is 45.8 Å². The van der Waals surface area contributed by atoms with Gasteiger partial charge in [-0.1, -0.05) is 0 Å². The minimum atomic E-state index is 0.0326. The van der Waals surface area contributed by atoms with Crippen molar-refractivity contribution in [2.45, 2.75) is 0 Å². The van der Waals surface area contributed by atoms with Crippen LogP contribution in [0, 0.1) is 0 Å². The molecule has 0 aliphatic rings. The van der Waals surface area contributed by atoms with Gasteiger partial charge >= 0.3 is 0 Å². The van der Waals surface area contributed by atoms with Crippen molar-refractivity contribution in [1.82, 2.24) is 4.68 Å². The molecule has 0 unspecified atom stereocenters. The van der Waals surface area contributed by atoms with E-state index in [2.05, 4.69) is 26.0 Å². The molecule has 0 bridgehead atoms. The number of phenols is 1. The fourth-order valence-electron chi connectivity index (χ4n) is 2.94. The van der Waals surface area contributed by atoms with E-state index in [1.807, 2.05) is 17.5 Å². The molecule has 0 atom stereocenters. The Bertz CT molecular complexity index is 1160. The number of aromatic nitrogens is 1. The summed E-state index contributed by atoms with van der Waals surface area (Å²) in [5.74, 6) is 1.98. The molecule has 3 aromatic rings. The Kier molecular flexibility index (Phi) is 7.24. The highest BCUT2D eigenvalue weighted by Gasteiger charge is 2.17. The van der Waals surface area contributed by atoms with Gasteiger partial charge in [-0.2, -0.15) is 5.10 Å². The number of thiazole rings is 1. The van der Waals surface area contributed by atoms with E-state index in [0.717, 1.165) is 16.8 Å². The molecule has 0 saturated carbocycles. The van der Waals surface area contributed by atoms with Crippen LogP contribution >= 0.6 is 27.3 Å². The van der Waals surface area contributed by atoms with Gasteiger partial charge in [0.2, 0.25) is 10.6 Å². The molecular formula is C21H22BrN3O5S. The lowest BCUT2D eigenvalue weighted by molar-refractivity contribution is 0.324. The van der Waals surface area contributed by atoms with E-state index < -0.39 is 0 Å². The molecule has 0 aliphatic heterocycles. The molecule has 0 spiro atoms. The van der Waals surface area contributed by atoms with Crippen LogP contribution in [0.2, 0.25) is 0 Å². The molecule has 8 nitrogen and oxygen atoms in total. The molecule has 164 valence electrons. The van der Waals surface area contributed by atoms with Crippen LogP contribution in [0.15, 0.2) is 44.2 Å². The van der Waals surface area contributed by atoms with E-state index in [1.165, 1.54) is 18.4 Å². The molecule has 0 fully saturated rings. The summed E-state index contributed by atoms with van der Waals surface area (Å²) in [6.45, 7) is 0. The topological polar surface area (TPSA) is 86.8 Å². The maximum atomic E-state index is 10.0. The largest absolute Gasteiger partial charge is 0.503 e. The lowest BCUT2D eigenvalue weighted by Crippen LogP contribution is -2.11. The van der Waals surface area contributed by atoms with Crippen LogP contribution in [0.25, 0.3) is 11.3 Å². The molecule has 1 N–H and O–H groups in total. The van der Waals surface area contributed by atoms with Gasteiger partial charge in [0.15, 0.2) is 23.0 Å². The molecule has 0 saturated heterocycles. The van der Waals surface area contributed by atoms with Crippen molar-refractivity contribution in [1.29, 1.82) is 0 Å². The monoisotopic (exact) mass is 507 g/mol. The number of halogens is 1. The first-order valence-corrected chi connectivity index (χ1v) is 10.7. The zero-order valence-electron chi connectivity index (χ0n) is 17.7. The summed E-state index contributed by atoms with van der Waals surface area (Å²) >= 11 is 4.78. The first-order chi connectivity index (χ1) is 15.0. The Morgan fingerprint density at radius 1 is 0.968 bits per heavy atom. The van der Waals surface area contributed by atoms with Crippen molar-refractivity contribution in [3.8, 4) is 40.0 Å². The zero-order chi connectivity index (χ0) is 22.5. The number of methoxy groups -OCH3 is 4. The average Bonchev–Trinajstić information content (AvgIpc) is 3.21. The van der Waals surface area contributed by atoms with E-state index in [4.69, 9.17) is 18.9 Å². The quantitative estimate of drug-likeness (QED) is 0.485. The van der Waals surface area contributed by atoms with Gasteiger partial charge in [-0.25, -0.2) is 4.68 Å². The molecule has 3 rings (SSSR count). The average molecular weight is 508 g/mol. The smallest absolute Gasteiger partial charge is 0.205 e. The Hall–Kier alpha value is -2.98. The zero-order valence-corrected chi connectivity index (χ0v) is 20.1. The van der Waals surface area contributed by atoms with Gasteiger partial charge < -0.3 is 24.1 Å². The van der Waals surface area contributed by atoms with Gasteiger partial charge in [-0.15, -0.1) is 11.3 Å². The van der Waals surface area contributed by atoms with Crippen LogP contribution in [0.5, 0.6) is 28.7 Å². The Labute approximate surface area is 192 Å². The summed E-state index contributed by atoms with van der Waals surface area (Å²) < 4.78 is 23.8. The highest BCUT2D eigenvalue weighted by atomic mass is 79.9. The molecule has 2 aromatic carbocycles. The number of phenolic OH excluding ortho intramolecular Hbond substituents is 1. The molecule has 1 aromatic heterocycles. The Morgan fingerprint density at radius 2 is 1.61 bits per heavy atom. The van der Waals surface area contributed by atoms with E-state index in [9.17, 15) is 5.11 Å². The second kappa shape index (κ2) is 9.88. The van der Waals surface area contributed by atoms with Gasteiger partial charge in [0.25, 0.3) is 0 Å². The van der Waals surface area contributed by atoms with Crippen molar-refractivity contribution in [3.05, 3.63) is 44.5 Å². The molecular weight excluding hydrogens is 486 g/mol.